The van der Waals surface area contributed by atoms with E-state index in [1.807, 2.05) is 12.1 Å². The van der Waals surface area contributed by atoms with Gasteiger partial charge in [-0.05, 0) is 24.1 Å². The fourth-order valence-corrected chi connectivity index (χ4v) is 4.93. The number of anilines is 1. The standard InChI is InChI=1S/C20H22N8OS/c21-18-15-2-1-13(17(15)23-11-24-18)7-28-8-14(16(29)9-28)10-30-20-25-19(26-27-20)12-3-5-22-6-4-12/h1,3-6,11,14,16,29H,2,7-10H2,(H2,21,23,24)(H,25,26,27)/t14-,16+/m1/s1. The molecule has 0 amide bonds. The number of nitrogens with zero attached hydrogens (tertiary/aromatic N) is 6. The molecule has 0 unspecified atom stereocenters. The van der Waals surface area contributed by atoms with Gasteiger partial charge in [0.2, 0.25) is 5.16 Å². The molecule has 2 atom stereocenters. The summed E-state index contributed by atoms with van der Waals surface area (Å²) in [6.45, 7) is 2.23. The summed E-state index contributed by atoms with van der Waals surface area (Å²) in [6, 6.07) is 3.78. The van der Waals surface area contributed by atoms with Gasteiger partial charge in [-0.3, -0.25) is 15.0 Å². The number of nitrogens with one attached hydrogen (secondary N) is 1. The van der Waals surface area contributed by atoms with Crippen LogP contribution in [0.4, 0.5) is 5.82 Å². The van der Waals surface area contributed by atoms with Crippen LogP contribution < -0.4 is 5.73 Å². The van der Waals surface area contributed by atoms with E-state index in [1.54, 1.807) is 24.2 Å². The Labute approximate surface area is 177 Å². The van der Waals surface area contributed by atoms with Crippen LogP contribution in [-0.2, 0) is 6.42 Å². The third kappa shape index (κ3) is 3.81. The number of aromatic nitrogens is 6. The smallest absolute Gasteiger partial charge is 0.208 e. The summed E-state index contributed by atoms with van der Waals surface area (Å²) >= 11 is 1.56. The Kier molecular flexibility index (Phi) is 5.19. The van der Waals surface area contributed by atoms with Crippen molar-refractivity contribution >= 4 is 23.2 Å². The van der Waals surface area contributed by atoms with Crippen LogP contribution in [0.3, 0.4) is 0 Å². The molecule has 0 radical (unpaired) electrons. The molecule has 154 valence electrons. The zero-order valence-corrected chi connectivity index (χ0v) is 17.1. The quantitative estimate of drug-likeness (QED) is 0.503. The number of thioether (sulfide) groups is 1. The van der Waals surface area contributed by atoms with Crippen molar-refractivity contribution in [1.29, 1.82) is 0 Å². The first-order valence-corrected chi connectivity index (χ1v) is 10.8. The number of hydrogen-bond acceptors (Lipinski definition) is 9. The first-order chi connectivity index (χ1) is 14.7. The zero-order valence-electron chi connectivity index (χ0n) is 16.3. The molecule has 1 saturated heterocycles. The first kappa shape index (κ1) is 19.2. The molecular weight excluding hydrogens is 400 g/mol. The van der Waals surface area contributed by atoms with Crippen molar-refractivity contribution in [3.63, 3.8) is 0 Å². The Morgan fingerprint density at radius 3 is 2.97 bits per heavy atom. The normalized spacial score (nSPS) is 21.0. The van der Waals surface area contributed by atoms with Gasteiger partial charge in [0.15, 0.2) is 5.82 Å². The lowest BCUT2D eigenvalue weighted by atomic mass is 10.1. The summed E-state index contributed by atoms with van der Waals surface area (Å²) < 4.78 is 0. The van der Waals surface area contributed by atoms with Crippen molar-refractivity contribution in [2.75, 3.05) is 31.1 Å². The Balaban J connectivity index is 1.17. The predicted octanol–water partition coefficient (Wildman–Crippen LogP) is 1.26. The van der Waals surface area contributed by atoms with Gasteiger partial charge in [-0.2, -0.15) is 0 Å². The second-order valence-corrected chi connectivity index (χ2v) is 8.54. The highest BCUT2D eigenvalue weighted by molar-refractivity contribution is 7.99. The lowest BCUT2D eigenvalue weighted by molar-refractivity contribution is 0.151. The Morgan fingerprint density at radius 1 is 1.23 bits per heavy atom. The van der Waals surface area contributed by atoms with E-state index in [9.17, 15) is 5.11 Å². The number of aliphatic hydroxyl groups excluding tert-OH is 1. The van der Waals surface area contributed by atoms with E-state index in [4.69, 9.17) is 5.73 Å². The third-order valence-electron chi connectivity index (χ3n) is 5.56. The summed E-state index contributed by atoms with van der Waals surface area (Å²) in [5, 5.41) is 18.5. The molecule has 0 aromatic carbocycles. The summed E-state index contributed by atoms with van der Waals surface area (Å²) in [5.74, 6) is 2.20. The van der Waals surface area contributed by atoms with Crippen LogP contribution in [0.1, 0.15) is 11.3 Å². The fourth-order valence-electron chi connectivity index (χ4n) is 3.97. The number of H-pyrrole nitrogens is 1. The average Bonchev–Trinajstić information content (AvgIpc) is 3.47. The topological polar surface area (TPSA) is 130 Å². The Morgan fingerprint density at radius 2 is 2.10 bits per heavy atom. The van der Waals surface area contributed by atoms with Gasteiger partial charge < -0.3 is 10.8 Å². The maximum absolute atomic E-state index is 10.6. The number of aromatic amines is 1. The number of fused-ring (bicyclic) bond motifs is 1. The van der Waals surface area contributed by atoms with Gasteiger partial charge in [-0.25, -0.2) is 15.0 Å². The first-order valence-electron chi connectivity index (χ1n) is 9.82. The largest absolute Gasteiger partial charge is 0.391 e. The van der Waals surface area contributed by atoms with Gasteiger partial charge >= 0.3 is 0 Å². The molecule has 9 nitrogen and oxygen atoms in total. The van der Waals surface area contributed by atoms with Crippen molar-refractivity contribution in [2.45, 2.75) is 17.7 Å². The van der Waals surface area contributed by atoms with Gasteiger partial charge in [-0.1, -0.05) is 17.8 Å². The van der Waals surface area contributed by atoms with Gasteiger partial charge in [0.05, 0.1) is 11.8 Å². The molecule has 1 fully saturated rings. The number of pyridine rings is 1. The number of nitrogens with two attached hydrogens (primary N) is 1. The minimum atomic E-state index is -0.368. The summed E-state index contributed by atoms with van der Waals surface area (Å²) in [4.78, 5) is 19.3. The Hall–Kier alpha value is -2.82. The summed E-state index contributed by atoms with van der Waals surface area (Å²) in [5.41, 5.74) is 10.0. The van der Waals surface area contributed by atoms with E-state index in [2.05, 4.69) is 41.1 Å². The molecule has 4 N–H and O–H groups in total. The fraction of sp³-hybridized carbons (Fsp3) is 0.350. The van der Waals surface area contributed by atoms with E-state index >= 15 is 0 Å². The molecule has 10 heteroatoms. The lowest BCUT2D eigenvalue weighted by Gasteiger charge is -2.16. The highest BCUT2D eigenvalue weighted by Gasteiger charge is 2.33. The molecule has 1 aliphatic heterocycles. The maximum Gasteiger partial charge on any atom is 0.208 e. The number of β-amino-alcohol motifs (C(OH)–C–C–N with tert-alkyl or cyclic N) is 1. The SMILES string of the molecule is Nc1ncnc2c1CC=C2CN1C[C@H](CSc2n[nH]c(-c3ccncc3)n2)[C@@H](O)C1. The lowest BCUT2D eigenvalue weighted by Crippen LogP contribution is -2.24. The summed E-state index contributed by atoms with van der Waals surface area (Å²) in [7, 11) is 0. The number of nitrogen functional groups attached to an aromatic ring is 1. The number of allylic oxidation sites excluding steroid dienone is 1. The Bertz CT molecular complexity index is 1070. The van der Waals surface area contributed by atoms with Gasteiger partial charge in [0, 0.05) is 54.8 Å². The van der Waals surface area contributed by atoms with Crippen LogP contribution in [0.2, 0.25) is 0 Å². The maximum atomic E-state index is 10.6. The van der Waals surface area contributed by atoms with Crippen LogP contribution in [0.5, 0.6) is 0 Å². The van der Waals surface area contributed by atoms with Crippen molar-refractivity contribution in [3.8, 4) is 11.4 Å². The second kappa shape index (κ2) is 8.13. The minimum Gasteiger partial charge on any atom is -0.391 e. The van der Waals surface area contributed by atoms with E-state index in [0.717, 1.165) is 53.5 Å². The zero-order chi connectivity index (χ0) is 20.5. The molecule has 1 aliphatic carbocycles. The second-order valence-electron chi connectivity index (χ2n) is 7.55. The molecule has 3 aromatic heterocycles. The minimum absolute atomic E-state index is 0.162. The highest BCUT2D eigenvalue weighted by Crippen LogP contribution is 2.31. The van der Waals surface area contributed by atoms with Crippen LogP contribution in [0.15, 0.2) is 42.1 Å². The van der Waals surface area contributed by atoms with Crippen LogP contribution >= 0.6 is 11.8 Å². The average molecular weight is 423 g/mol. The summed E-state index contributed by atoms with van der Waals surface area (Å²) in [6.07, 6.45) is 7.55. The molecule has 2 aliphatic rings. The van der Waals surface area contributed by atoms with Crippen molar-refractivity contribution in [3.05, 3.63) is 48.2 Å². The van der Waals surface area contributed by atoms with Crippen LogP contribution in [0, 0.1) is 5.92 Å². The van der Waals surface area contributed by atoms with E-state index < -0.39 is 0 Å². The van der Waals surface area contributed by atoms with Crippen LogP contribution in [-0.4, -0.2) is 71.6 Å². The van der Waals surface area contributed by atoms with E-state index in [0.29, 0.717) is 17.5 Å². The van der Waals surface area contributed by atoms with Crippen LogP contribution in [0.25, 0.3) is 17.0 Å². The van der Waals surface area contributed by atoms with E-state index in [-0.39, 0.29) is 12.0 Å². The molecule has 5 rings (SSSR count). The predicted molar refractivity (Wildman–Crippen MR) is 114 cm³/mol. The van der Waals surface area contributed by atoms with Gasteiger partial charge in [0.1, 0.15) is 12.1 Å². The molecule has 0 spiro atoms. The molecular formula is C20H22N8OS. The molecule has 3 aromatic rings. The van der Waals surface area contributed by atoms with Crippen molar-refractivity contribution in [1.82, 2.24) is 35.0 Å². The highest BCUT2D eigenvalue weighted by atomic mass is 32.2. The number of aliphatic hydroxyl groups is 1. The molecule has 30 heavy (non-hydrogen) atoms. The van der Waals surface area contributed by atoms with Gasteiger partial charge in [0.25, 0.3) is 0 Å². The molecule has 4 heterocycles. The molecule has 0 bridgehead atoms. The number of likely N-dealkylation sites (tertiary alicyclic amines) is 1. The third-order valence-corrected chi connectivity index (χ3v) is 6.59. The van der Waals surface area contributed by atoms with Crippen molar-refractivity contribution in [2.24, 2.45) is 5.92 Å². The number of hydrogen-bond donors (Lipinski definition) is 3. The monoisotopic (exact) mass is 422 g/mol. The molecule has 0 saturated carbocycles. The van der Waals surface area contributed by atoms with E-state index in [1.165, 1.54) is 6.33 Å². The number of rotatable bonds is 6. The van der Waals surface area contributed by atoms with Gasteiger partial charge in [-0.15, -0.1) is 5.10 Å². The van der Waals surface area contributed by atoms with Crippen molar-refractivity contribution < 1.29 is 5.11 Å².